The average molecular weight is 204 g/mol. The molecule has 1 aromatic rings. The molecule has 1 N–H and O–H groups in total. The van der Waals surface area contributed by atoms with Crippen LogP contribution in [0, 0.1) is 11.6 Å². The van der Waals surface area contributed by atoms with Crippen molar-refractivity contribution in [3.63, 3.8) is 0 Å². The Hall–Kier alpha value is -1.10. The molecule has 0 fully saturated rings. The fraction of sp³-hybridized carbons (Fsp3) is 0.125. The largest absolute Gasteiger partial charge is 0.478 e. The normalized spacial score (nSPS) is 10.1. The van der Waals surface area contributed by atoms with Gasteiger partial charge in [-0.3, -0.25) is 0 Å². The summed E-state index contributed by atoms with van der Waals surface area (Å²) in [5.41, 5.74) is -0.509. The van der Waals surface area contributed by atoms with Gasteiger partial charge in [0.25, 0.3) is 0 Å². The van der Waals surface area contributed by atoms with E-state index in [9.17, 15) is 13.6 Å². The molecule has 0 atom stereocenters. The third kappa shape index (κ3) is 1.98. The molecule has 5 heteroatoms. The van der Waals surface area contributed by atoms with Crippen molar-refractivity contribution in [2.24, 2.45) is 0 Å². The lowest BCUT2D eigenvalue weighted by Crippen LogP contribution is -2.01. The van der Waals surface area contributed by atoms with Crippen molar-refractivity contribution >= 4 is 17.7 Å². The molecule has 0 saturated carbocycles. The van der Waals surface area contributed by atoms with Gasteiger partial charge in [0.15, 0.2) is 0 Å². The second-order valence-electron chi connectivity index (χ2n) is 2.27. The Balaban J connectivity index is 3.30. The third-order valence-electron chi connectivity index (χ3n) is 1.47. The van der Waals surface area contributed by atoms with Crippen LogP contribution in [-0.2, 0) is 0 Å². The minimum Gasteiger partial charge on any atom is -0.478 e. The second kappa shape index (κ2) is 3.74. The Labute approximate surface area is 77.6 Å². The molecule has 0 spiro atoms. The first-order valence-corrected chi connectivity index (χ1v) is 4.55. The lowest BCUT2D eigenvalue weighted by atomic mass is 10.2. The number of carboxylic acids is 1. The standard InChI is InChI=1S/C8H6F2O2S/c1-13-7-2-4(8(11)12)5(9)3-6(7)10/h2-3H,1H3,(H,11,12). The van der Waals surface area contributed by atoms with Crippen molar-refractivity contribution in [3.8, 4) is 0 Å². The predicted octanol–water partition coefficient (Wildman–Crippen LogP) is 2.38. The molecule has 0 radical (unpaired) electrons. The number of hydrogen-bond donors (Lipinski definition) is 1. The molecule has 2 nitrogen and oxygen atoms in total. The van der Waals surface area contributed by atoms with Crippen LogP contribution in [0.3, 0.4) is 0 Å². The van der Waals surface area contributed by atoms with Crippen molar-refractivity contribution in [3.05, 3.63) is 29.3 Å². The lowest BCUT2D eigenvalue weighted by Gasteiger charge is -2.02. The molecule has 0 saturated heterocycles. The fourth-order valence-electron chi connectivity index (χ4n) is 0.849. The molecule has 0 bridgehead atoms. The van der Waals surface area contributed by atoms with Gasteiger partial charge < -0.3 is 5.11 Å². The van der Waals surface area contributed by atoms with Crippen LogP contribution in [0.2, 0.25) is 0 Å². The Morgan fingerprint density at radius 2 is 2.00 bits per heavy atom. The van der Waals surface area contributed by atoms with Crippen LogP contribution in [0.5, 0.6) is 0 Å². The van der Waals surface area contributed by atoms with Gasteiger partial charge in [-0.05, 0) is 12.3 Å². The average Bonchev–Trinajstić information content (AvgIpc) is 2.03. The van der Waals surface area contributed by atoms with Crippen molar-refractivity contribution in [2.45, 2.75) is 4.90 Å². The first-order valence-electron chi connectivity index (χ1n) is 3.32. The number of hydrogen-bond acceptors (Lipinski definition) is 2. The molecule has 13 heavy (non-hydrogen) atoms. The summed E-state index contributed by atoms with van der Waals surface area (Å²) in [7, 11) is 0. The maximum absolute atomic E-state index is 12.8. The molecular formula is C8H6F2O2S. The van der Waals surface area contributed by atoms with Gasteiger partial charge in [-0.15, -0.1) is 11.8 Å². The summed E-state index contributed by atoms with van der Waals surface area (Å²) in [5, 5.41) is 8.50. The summed E-state index contributed by atoms with van der Waals surface area (Å²) < 4.78 is 25.6. The molecule has 0 aliphatic heterocycles. The van der Waals surface area contributed by atoms with E-state index in [1.807, 2.05) is 0 Å². The van der Waals surface area contributed by atoms with E-state index >= 15 is 0 Å². The number of aromatic carboxylic acids is 1. The number of carbonyl (C=O) groups is 1. The summed E-state index contributed by atoms with van der Waals surface area (Å²) >= 11 is 1.03. The van der Waals surface area contributed by atoms with E-state index in [1.165, 1.54) is 0 Å². The molecule has 0 aliphatic carbocycles. The van der Waals surface area contributed by atoms with E-state index in [4.69, 9.17) is 5.11 Å². The van der Waals surface area contributed by atoms with Gasteiger partial charge >= 0.3 is 5.97 Å². The third-order valence-corrected chi connectivity index (χ3v) is 2.22. The van der Waals surface area contributed by atoms with E-state index in [2.05, 4.69) is 0 Å². The minimum atomic E-state index is -1.40. The summed E-state index contributed by atoms with van der Waals surface area (Å²) in [5.74, 6) is -3.19. The monoisotopic (exact) mass is 204 g/mol. The zero-order valence-electron chi connectivity index (χ0n) is 6.67. The van der Waals surface area contributed by atoms with Crippen molar-refractivity contribution < 1.29 is 18.7 Å². The second-order valence-corrected chi connectivity index (χ2v) is 3.12. The highest BCUT2D eigenvalue weighted by atomic mass is 32.2. The highest BCUT2D eigenvalue weighted by Crippen LogP contribution is 2.22. The van der Waals surface area contributed by atoms with Crippen LogP contribution in [0.25, 0.3) is 0 Å². The number of benzene rings is 1. The number of rotatable bonds is 2. The zero-order valence-corrected chi connectivity index (χ0v) is 7.49. The number of thioether (sulfide) groups is 1. The van der Waals surface area contributed by atoms with Crippen molar-refractivity contribution in [1.82, 2.24) is 0 Å². The van der Waals surface area contributed by atoms with Gasteiger partial charge in [0, 0.05) is 11.0 Å². The van der Waals surface area contributed by atoms with Crippen LogP contribution < -0.4 is 0 Å². The Kier molecular flexibility index (Phi) is 2.87. The van der Waals surface area contributed by atoms with Crippen LogP contribution in [-0.4, -0.2) is 17.3 Å². The van der Waals surface area contributed by atoms with Gasteiger partial charge in [0.1, 0.15) is 11.6 Å². The zero-order chi connectivity index (χ0) is 10.0. The van der Waals surface area contributed by atoms with E-state index in [-0.39, 0.29) is 4.90 Å². The van der Waals surface area contributed by atoms with Crippen molar-refractivity contribution in [2.75, 3.05) is 6.26 Å². The Morgan fingerprint density at radius 1 is 1.38 bits per heavy atom. The van der Waals surface area contributed by atoms with E-state index in [0.29, 0.717) is 6.07 Å². The fourth-order valence-corrected chi connectivity index (χ4v) is 1.34. The number of carboxylic acid groups (broad SMARTS) is 1. The molecule has 0 amide bonds. The highest BCUT2D eigenvalue weighted by molar-refractivity contribution is 7.98. The van der Waals surface area contributed by atoms with Gasteiger partial charge in [0.05, 0.1) is 5.56 Å². The maximum Gasteiger partial charge on any atom is 0.338 e. The Morgan fingerprint density at radius 3 is 2.46 bits per heavy atom. The van der Waals surface area contributed by atoms with E-state index in [0.717, 1.165) is 17.8 Å². The van der Waals surface area contributed by atoms with Crippen molar-refractivity contribution in [1.29, 1.82) is 0 Å². The summed E-state index contributed by atoms with van der Waals surface area (Å²) in [6, 6.07) is 1.56. The van der Waals surface area contributed by atoms with Gasteiger partial charge in [-0.25, -0.2) is 13.6 Å². The summed E-state index contributed by atoms with van der Waals surface area (Å²) in [6.07, 6.45) is 1.59. The van der Waals surface area contributed by atoms with Gasteiger partial charge in [-0.1, -0.05) is 0 Å². The summed E-state index contributed by atoms with van der Waals surface area (Å²) in [6.45, 7) is 0. The first kappa shape index (κ1) is 9.98. The molecule has 0 aromatic heterocycles. The topological polar surface area (TPSA) is 37.3 Å². The van der Waals surface area contributed by atoms with E-state index in [1.54, 1.807) is 6.26 Å². The van der Waals surface area contributed by atoms with Crippen LogP contribution >= 0.6 is 11.8 Å². The minimum absolute atomic E-state index is 0.124. The van der Waals surface area contributed by atoms with Crippen LogP contribution in [0.4, 0.5) is 8.78 Å². The van der Waals surface area contributed by atoms with Gasteiger partial charge in [-0.2, -0.15) is 0 Å². The lowest BCUT2D eigenvalue weighted by molar-refractivity contribution is 0.0691. The van der Waals surface area contributed by atoms with Crippen LogP contribution in [0.15, 0.2) is 17.0 Å². The molecular weight excluding hydrogens is 198 g/mol. The molecule has 1 aromatic carbocycles. The van der Waals surface area contributed by atoms with Crippen LogP contribution in [0.1, 0.15) is 10.4 Å². The number of halogens is 2. The molecule has 1 rings (SSSR count). The van der Waals surface area contributed by atoms with E-state index < -0.39 is 23.2 Å². The van der Waals surface area contributed by atoms with Gasteiger partial charge in [0.2, 0.25) is 0 Å². The first-order chi connectivity index (χ1) is 6.06. The molecule has 0 aliphatic rings. The SMILES string of the molecule is CSc1cc(C(=O)O)c(F)cc1F. The maximum atomic E-state index is 12.8. The molecule has 70 valence electrons. The molecule has 0 heterocycles. The predicted molar refractivity (Wildman–Crippen MR) is 45.1 cm³/mol. The highest BCUT2D eigenvalue weighted by Gasteiger charge is 2.14. The quantitative estimate of drug-likeness (QED) is 0.751. The molecule has 0 unspecified atom stereocenters. The smallest absolute Gasteiger partial charge is 0.338 e. The Bertz CT molecular complexity index is 352. The summed E-state index contributed by atoms with van der Waals surface area (Å²) in [4.78, 5) is 10.6.